The van der Waals surface area contributed by atoms with Gasteiger partial charge in [0.25, 0.3) is 0 Å². The molecule has 0 bridgehead atoms. The first-order chi connectivity index (χ1) is 9.01. The summed E-state index contributed by atoms with van der Waals surface area (Å²) in [4.78, 5) is 2.41. The van der Waals surface area contributed by atoms with Gasteiger partial charge >= 0.3 is 0 Å². The molecule has 0 spiro atoms. The number of hydrogen-bond acceptors (Lipinski definition) is 2. The van der Waals surface area contributed by atoms with E-state index in [0.29, 0.717) is 5.92 Å². The van der Waals surface area contributed by atoms with Crippen molar-refractivity contribution in [1.29, 1.82) is 0 Å². The molecule has 1 aromatic rings. The fourth-order valence-corrected chi connectivity index (χ4v) is 2.99. The van der Waals surface area contributed by atoms with E-state index in [1.54, 1.807) is 0 Å². The van der Waals surface area contributed by atoms with Crippen LogP contribution in [0.25, 0.3) is 0 Å². The highest BCUT2D eigenvalue weighted by molar-refractivity contribution is 9.10. The van der Waals surface area contributed by atoms with E-state index in [0.717, 1.165) is 17.4 Å². The molecular weight excluding hydrogens is 300 g/mol. The summed E-state index contributed by atoms with van der Waals surface area (Å²) in [5.41, 5.74) is 7.67. The number of hydrogen-bond donors (Lipinski definition) is 1. The molecule has 0 radical (unpaired) electrons. The molecule has 0 aliphatic heterocycles. The third-order valence-corrected chi connectivity index (χ3v) is 4.59. The van der Waals surface area contributed by atoms with Gasteiger partial charge in [0.1, 0.15) is 0 Å². The smallest absolute Gasteiger partial charge is 0.0507 e. The van der Waals surface area contributed by atoms with Crippen molar-refractivity contribution in [2.45, 2.75) is 45.7 Å². The van der Waals surface area contributed by atoms with Crippen LogP contribution in [0.15, 0.2) is 28.7 Å². The van der Waals surface area contributed by atoms with Gasteiger partial charge in [-0.2, -0.15) is 0 Å². The normalized spacial score (nSPS) is 16.4. The summed E-state index contributed by atoms with van der Waals surface area (Å²) >= 11 is 3.66. The average Bonchev–Trinajstić information content (AvgIpc) is 2.40. The number of halogens is 1. The van der Waals surface area contributed by atoms with Crippen molar-refractivity contribution in [3.05, 3.63) is 34.3 Å². The van der Waals surface area contributed by atoms with Gasteiger partial charge in [0.2, 0.25) is 0 Å². The molecule has 0 heterocycles. The topological polar surface area (TPSA) is 29.3 Å². The summed E-state index contributed by atoms with van der Waals surface area (Å²) in [5.74, 6) is 0.694. The maximum Gasteiger partial charge on any atom is 0.0507 e. The first-order valence-corrected chi connectivity index (χ1v) is 8.00. The summed E-state index contributed by atoms with van der Waals surface area (Å²) in [7, 11) is 2.19. The van der Waals surface area contributed by atoms with Crippen molar-refractivity contribution in [2.75, 3.05) is 13.6 Å². The molecule has 3 heteroatoms. The molecule has 0 aliphatic carbocycles. The first kappa shape index (κ1) is 16.7. The van der Waals surface area contributed by atoms with Crippen LogP contribution in [0.1, 0.15) is 45.2 Å². The SMILES string of the molecule is CCC(C)CN(C)C(c1ccccc1Br)C(N)CC. The Bertz CT molecular complexity index is 381. The Morgan fingerprint density at radius 3 is 2.37 bits per heavy atom. The van der Waals surface area contributed by atoms with Gasteiger partial charge in [-0.1, -0.05) is 61.3 Å². The molecule has 1 aromatic carbocycles. The summed E-state index contributed by atoms with van der Waals surface area (Å²) in [6, 6.07) is 8.85. The highest BCUT2D eigenvalue weighted by Gasteiger charge is 2.25. The molecule has 0 saturated carbocycles. The molecule has 0 saturated heterocycles. The van der Waals surface area contributed by atoms with Crippen LogP contribution >= 0.6 is 15.9 Å². The Hall–Kier alpha value is -0.380. The predicted octanol–water partition coefficient (Wildman–Crippen LogP) is 4.21. The van der Waals surface area contributed by atoms with Crippen molar-refractivity contribution < 1.29 is 0 Å². The second-order valence-electron chi connectivity index (χ2n) is 5.49. The minimum atomic E-state index is 0.160. The van der Waals surface area contributed by atoms with Crippen LogP contribution in [0.4, 0.5) is 0 Å². The van der Waals surface area contributed by atoms with E-state index in [4.69, 9.17) is 5.73 Å². The van der Waals surface area contributed by atoms with Gasteiger partial charge < -0.3 is 5.73 Å². The number of nitrogens with two attached hydrogens (primary N) is 1. The molecule has 2 nitrogen and oxygen atoms in total. The molecule has 3 unspecified atom stereocenters. The van der Waals surface area contributed by atoms with E-state index in [1.807, 2.05) is 0 Å². The molecular formula is C16H27BrN2. The quantitative estimate of drug-likeness (QED) is 0.813. The Morgan fingerprint density at radius 1 is 1.21 bits per heavy atom. The average molecular weight is 327 g/mol. The second kappa shape index (κ2) is 8.03. The molecule has 2 N–H and O–H groups in total. The van der Waals surface area contributed by atoms with Gasteiger partial charge in [-0.25, -0.2) is 0 Å². The standard InChI is InChI=1S/C16H27BrN2/c1-5-12(3)11-19(4)16(15(18)6-2)13-9-7-8-10-14(13)17/h7-10,12,15-16H,5-6,11,18H2,1-4H3. The van der Waals surface area contributed by atoms with E-state index < -0.39 is 0 Å². The minimum absolute atomic E-state index is 0.160. The lowest BCUT2D eigenvalue weighted by atomic mass is 9.95. The summed E-state index contributed by atoms with van der Waals surface area (Å²) < 4.78 is 1.15. The van der Waals surface area contributed by atoms with E-state index in [9.17, 15) is 0 Å². The lowest BCUT2D eigenvalue weighted by Gasteiger charge is -2.34. The maximum atomic E-state index is 6.37. The van der Waals surface area contributed by atoms with Crippen LogP contribution in [0.3, 0.4) is 0 Å². The zero-order valence-electron chi connectivity index (χ0n) is 12.6. The van der Waals surface area contributed by atoms with Gasteiger partial charge in [-0.15, -0.1) is 0 Å². The molecule has 0 aliphatic rings. The van der Waals surface area contributed by atoms with Gasteiger partial charge in [-0.05, 0) is 31.0 Å². The van der Waals surface area contributed by atoms with E-state index in [1.165, 1.54) is 12.0 Å². The lowest BCUT2D eigenvalue weighted by Crippen LogP contribution is -2.40. The molecule has 108 valence electrons. The van der Waals surface area contributed by atoms with Gasteiger partial charge in [-0.3, -0.25) is 4.90 Å². The fraction of sp³-hybridized carbons (Fsp3) is 0.625. The number of likely N-dealkylation sites (N-methyl/N-ethyl adjacent to an activating group) is 1. The van der Waals surface area contributed by atoms with Crippen molar-refractivity contribution in [3.8, 4) is 0 Å². The van der Waals surface area contributed by atoms with Gasteiger partial charge in [0.05, 0.1) is 6.04 Å². The zero-order valence-corrected chi connectivity index (χ0v) is 14.2. The highest BCUT2D eigenvalue weighted by atomic mass is 79.9. The first-order valence-electron chi connectivity index (χ1n) is 7.21. The van der Waals surface area contributed by atoms with Crippen molar-refractivity contribution in [1.82, 2.24) is 4.90 Å². The van der Waals surface area contributed by atoms with Crippen molar-refractivity contribution >= 4 is 15.9 Å². The molecule has 0 amide bonds. The van der Waals surface area contributed by atoms with Crippen molar-refractivity contribution in [2.24, 2.45) is 11.7 Å². The van der Waals surface area contributed by atoms with E-state index >= 15 is 0 Å². The lowest BCUT2D eigenvalue weighted by molar-refractivity contribution is 0.182. The van der Waals surface area contributed by atoms with E-state index in [-0.39, 0.29) is 12.1 Å². The largest absolute Gasteiger partial charge is 0.326 e. The summed E-state index contributed by atoms with van der Waals surface area (Å²) in [6.07, 6.45) is 2.19. The third kappa shape index (κ3) is 4.59. The number of rotatable bonds is 7. The maximum absolute atomic E-state index is 6.37. The van der Waals surface area contributed by atoms with Gasteiger partial charge in [0.15, 0.2) is 0 Å². The Kier molecular flexibility index (Phi) is 7.05. The highest BCUT2D eigenvalue weighted by Crippen LogP contribution is 2.30. The molecule has 19 heavy (non-hydrogen) atoms. The fourth-order valence-electron chi connectivity index (χ4n) is 2.47. The van der Waals surface area contributed by atoms with Crippen LogP contribution in [0.2, 0.25) is 0 Å². The molecule has 0 fully saturated rings. The number of nitrogens with zero attached hydrogens (tertiary/aromatic N) is 1. The minimum Gasteiger partial charge on any atom is -0.326 e. The molecule has 0 aromatic heterocycles. The van der Waals surface area contributed by atoms with Gasteiger partial charge in [0, 0.05) is 17.1 Å². The summed E-state index contributed by atoms with van der Waals surface area (Å²) in [5, 5.41) is 0. The summed E-state index contributed by atoms with van der Waals surface area (Å²) in [6.45, 7) is 7.78. The Balaban J connectivity index is 2.98. The zero-order chi connectivity index (χ0) is 14.4. The molecule has 3 atom stereocenters. The predicted molar refractivity (Wildman–Crippen MR) is 87.2 cm³/mol. The van der Waals surface area contributed by atoms with Crippen LogP contribution < -0.4 is 5.73 Å². The van der Waals surface area contributed by atoms with Crippen LogP contribution in [0.5, 0.6) is 0 Å². The van der Waals surface area contributed by atoms with Crippen molar-refractivity contribution in [3.63, 3.8) is 0 Å². The van der Waals surface area contributed by atoms with Crippen LogP contribution in [-0.4, -0.2) is 24.5 Å². The third-order valence-electron chi connectivity index (χ3n) is 3.87. The van der Waals surface area contributed by atoms with E-state index in [2.05, 4.69) is 72.9 Å². The second-order valence-corrected chi connectivity index (χ2v) is 6.35. The number of benzene rings is 1. The Morgan fingerprint density at radius 2 is 1.84 bits per heavy atom. The monoisotopic (exact) mass is 326 g/mol. The van der Waals surface area contributed by atoms with Crippen LogP contribution in [-0.2, 0) is 0 Å². The molecule has 1 rings (SSSR count). The van der Waals surface area contributed by atoms with Crippen LogP contribution in [0, 0.1) is 5.92 Å². The Labute approximate surface area is 126 Å².